The average molecular weight is 480 g/mol. The Morgan fingerprint density at radius 3 is 2.39 bits per heavy atom. The number of carbonyl (C=O) groups is 1. The van der Waals surface area contributed by atoms with Crippen LogP contribution in [0.3, 0.4) is 0 Å². The van der Waals surface area contributed by atoms with Crippen molar-refractivity contribution in [2.75, 3.05) is 31.5 Å². The largest absolute Gasteiger partial charge is 0.416 e. The smallest absolute Gasteiger partial charge is 0.321 e. The molecule has 2 amide bonds. The second-order valence-corrected chi connectivity index (χ2v) is 9.49. The molecule has 178 valence electrons. The molecule has 33 heavy (non-hydrogen) atoms. The maximum Gasteiger partial charge on any atom is 0.416 e. The highest BCUT2D eigenvalue weighted by Gasteiger charge is 2.34. The topological polar surface area (TPSA) is 35.6 Å². The zero-order chi connectivity index (χ0) is 23.4. The molecule has 1 aliphatic heterocycles. The van der Waals surface area contributed by atoms with E-state index >= 15 is 0 Å². The Morgan fingerprint density at radius 1 is 1.06 bits per heavy atom. The van der Waals surface area contributed by atoms with Gasteiger partial charge in [-0.2, -0.15) is 13.2 Å². The van der Waals surface area contributed by atoms with Gasteiger partial charge in [-0.1, -0.05) is 29.8 Å². The molecular weight excluding hydrogens is 451 g/mol. The molecule has 0 aromatic heterocycles. The number of carbonyl (C=O) groups excluding carboxylic acids is 1. The number of nitrogens with one attached hydrogen (secondary N) is 1. The second-order valence-electron chi connectivity index (χ2n) is 9.05. The quantitative estimate of drug-likeness (QED) is 0.505. The number of amides is 2. The van der Waals surface area contributed by atoms with E-state index in [4.69, 9.17) is 11.6 Å². The standard InChI is InChI=1S/C25H29ClF3N3O/c26-21-8-6-18(7-9-21)10-13-31-14-11-23(12-15-31)32(17-19-4-5-19)24(33)30-22-3-1-2-20(16-22)25(27,28)29/h1-3,6-9,16,19,23H,4-5,10-15,17H2,(H,30,33). The van der Waals surface area contributed by atoms with Crippen molar-refractivity contribution in [3.63, 3.8) is 0 Å². The van der Waals surface area contributed by atoms with Crippen molar-refractivity contribution >= 4 is 23.3 Å². The molecule has 0 bridgehead atoms. The first kappa shape index (κ1) is 23.9. The lowest BCUT2D eigenvalue weighted by molar-refractivity contribution is -0.137. The highest BCUT2D eigenvalue weighted by molar-refractivity contribution is 6.30. The van der Waals surface area contributed by atoms with Gasteiger partial charge < -0.3 is 15.1 Å². The molecular formula is C25H29ClF3N3O. The maximum absolute atomic E-state index is 13.1. The third-order valence-corrected chi connectivity index (χ3v) is 6.73. The zero-order valence-electron chi connectivity index (χ0n) is 18.5. The summed E-state index contributed by atoms with van der Waals surface area (Å²) in [6, 6.07) is 12.5. The minimum absolute atomic E-state index is 0.100. The number of halogens is 4. The lowest BCUT2D eigenvalue weighted by Gasteiger charge is -2.38. The first-order valence-electron chi connectivity index (χ1n) is 11.5. The van der Waals surface area contributed by atoms with E-state index in [0.29, 0.717) is 12.5 Å². The molecule has 2 aromatic rings. The van der Waals surface area contributed by atoms with Crippen LogP contribution in [0.25, 0.3) is 0 Å². The Kier molecular flexibility index (Phi) is 7.49. The van der Waals surface area contributed by atoms with Crippen LogP contribution in [0.2, 0.25) is 5.02 Å². The normalized spacial score (nSPS) is 17.7. The molecule has 1 heterocycles. The Labute approximate surface area is 197 Å². The lowest BCUT2D eigenvalue weighted by Crippen LogP contribution is -2.49. The van der Waals surface area contributed by atoms with Crippen LogP contribution in [0, 0.1) is 5.92 Å². The van der Waals surface area contributed by atoms with Gasteiger partial charge in [0.15, 0.2) is 0 Å². The van der Waals surface area contributed by atoms with Crippen LogP contribution in [0.5, 0.6) is 0 Å². The number of alkyl halides is 3. The first-order chi connectivity index (χ1) is 15.8. The predicted molar refractivity (Wildman–Crippen MR) is 125 cm³/mol. The van der Waals surface area contributed by atoms with Crippen LogP contribution >= 0.6 is 11.6 Å². The molecule has 8 heteroatoms. The van der Waals surface area contributed by atoms with Crippen molar-refractivity contribution in [3.8, 4) is 0 Å². The third kappa shape index (κ3) is 6.87. The van der Waals surface area contributed by atoms with Crippen molar-refractivity contribution in [1.82, 2.24) is 9.80 Å². The van der Waals surface area contributed by atoms with E-state index in [2.05, 4.69) is 10.2 Å². The minimum atomic E-state index is -4.44. The fourth-order valence-electron chi connectivity index (χ4n) is 4.34. The molecule has 0 unspecified atom stereocenters. The first-order valence-corrected chi connectivity index (χ1v) is 11.9. The Morgan fingerprint density at radius 2 is 1.76 bits per heavy atom. The predicted octanol–water partition coefficient (Wildman–Crippen LogP) is 6.31. The van der Waals surface area contributed by atoms with E-state index in [1.54, 1.807) is 0 Å². The van der Waals surface area contributed by atoms with Gasteiger partial charge in [0.1, 0.15) is 0 Å². The van der Waals surface area contributed by atoms with E-state index in [-0.39, 0.29) is 17.8 Å². The van der Waals surface area contributed by atoms with Gasteiger partial charge in [-0.05, 0) is 73.9 Å². The maximum atomic E-state index is 13.1. The molecule has 1 aliphatic carbocycles. The summed E-state index contributed by atoms with van der Waals surface area (Å²) in [5.74, 6) is 0.500. The minimum Gasteiger partial charge on any atom is -0.321 e. The van der Waals surface area contributed by atoms with Crippen LogP contribution in [0.15, 0.2) is 48.5 Å². The van der Waals surface area contributed by atoms with Gasteiger partial charge in [0.2, 0.25) is 0 Å². The summed E-state index contributed by atoms with van der Waals surface area (Å²) in [5.41, 5.74) is 0.663. The molecule has 0 spiro atoms. The summed E-state index contributed by atoms with van der Waals surface area (Å²) in [6.45, 7) is 3.42. The SMILES string of the molecule is O=C(Nc1cccc(C(F)(F)F)c1)N(CC1CC1)C1CCN(CCc2ccc(Cl)cc2)CC1. The fourth-order valence-corrected chi connectivity index (χ4v) is 4.46. The molecule has 1 N–H and O–H groups in total. The molecule has 1 saturated heterocycles. The van der Waals surface area contributed by atoms with E-state index in [9.17, 15) is 18.0 Å². The molecule has 0 atom stereocenters. The summed E-state index contributed by atoms with van der Waals surface area (Å²) in [5, 5.41) is 3.44. The Bertz CT molecular complexity index is 939. The molecule has 0 radical (unpaired) electrons. The van der Waals surface area contributed by atoms with Crippen molar-refractivity contribution in [2.45, 2.75) is 44.3 Å². The molecule has 2 aliphatic rings. The second kappa shape index (κ2) is 10.3. The Balaban J connectivity index is 1.33. The van der Waals surface area contributed by atoms with Gasteiger partial charge in [0.05, 0.1) is 5.56 Å². The van der Waals surface area contributed by atoms with E-state index in [1.165, 1.54) is 17.7 Å². The number of likely N-dealkylation sites (tertiary alicyclic amines) is 1. The van der Waals surface area contributed by atoms with Crippen molar-refractivity contribution in [3.05, 3.63) is 64.7 Å². The number of benzene rings is 2. The lowest BCUT2D eigenvalue weighted by atomic mass is 10.0. The molecule has 4 rings (SSSR count). The highest BCUT2D eigenvalue weighted by Crippen LogP contribution is 2.33. The van der Waals surface area contributed by atoms with E-state index in [1.807, 2.05) is 29.2 Å². The number of nitrogens with zero attached hydrogens (tertiary/aromatic N) is 2. The van der Waals surface area contributed by atoms with Gasteiger partial charge in [-0.25, -0.2) is 4.79 Å². The van der Waals surface area contributed by atoms with Crippen molar-refractivity contribution in [1.29, 1.82) is 0 Å². The van der Waals surface area contributed by atoms with Crippen molar-refractivity contribution < 1.29 is 18.0 Å². The summed E-state index contributed by atoms with van der Waals surface area (Å²) in [7, 11) is 0. The van der Waals surface area contributed by atoms with Gasteiger partial charge in [0, 0.05) is 42.9 Å². The van der Waals surface area contributed by atoms with Crippen LogP contribution in [-0.2, 0) is 12.6 Å². The van der Waals surface area contributed by atoms with E-state index < -0.39 is 11.7 Å². The Hall–Kier alpha value is -2.25. The summed E-state index contributed by atoms with van der Waals surface area (Å²) in [6.07, 6.45) is 0.449. The average Bonchev–Trinajstić information content (AvgIpc) is 3.61. The number of hydrogen-bond donors (Lipinski definition) is 1. The fraction of sp³-hybridized carbons (Fsp3) is 0.480. The zero-order valence-corrected chi connectivity index (χ0v) is 19.2. The van der Waals surface area contributed by atoms with Crippen LogP contribution in [-0.4, -0.2) is 48.1 Å². The monoisotopic (exact) mass is 479 g/mol. The van der Waals surface area contributed by atoms with Gasteiger partial charge in [-0.15, -0.1) is 0 Å². The number of hydrogen-bond acceptors (Lipinski definition) is 2. The van der Waals surface area contributed by atoms with Gasteiger partial charge in [0.25, 0.3) is 0 Å². The highest BCUT2D eigenvalue weighted by atomic mass is 35.5. The van der Waals surface area contributed by atoms with E-state index in [0.717, 1.165) is 68.9 Å². The van der Waals surface area contributed by atoms with Crippen LogP contribution in [0.1, 0.15) is 36.8 Å². The molecule has 2 aromatic carbocycles. The van der Waals surface area contributed by atoms with Crippen LogP contribution < -0.4 is 5.32 Å². The van der Waals surface area contributed by atoms with Gasteiger partial charge in [-0.3, -0.25) is 0 Å². The summed E-state index contributed by atoms with van der Waals surface area (Å²) >= 11 is 5.95. The number of piperidine rings is 1. The van der Waals surface area contributed by atoms with Crippen LogP contribution in [0.4, 0.5) is 23.7 Å². The third-order valence-electron chi connectivity index (χ3n) is 6.48. The molecule has 4 nitrogen and oxygen atoms in total. The number of anilines is 1. The number of urea groups is 1. The molecule has 2 fully saturated rings. The summed E-state index contributed by atoms with van der Waals surface area (Å²) in [4.78, 5) is 17.3. The van der Waals surface area contributed by atoms with Crippen molar-refractivity contribution in [2.24, 2.45) is 5.92 Å². The molecule has 1 saturated carbocycles. The summed E-state index contributed by atoms with van der Waals surface area (Å²) < 4.78 is 39.1. The number of rotatable bonds is 7. The van der Waals surface area contributed by atoms with Gasteiger partial charge >= 0.3 is 12.2 Å².